The fourth-order valence-electron chi connectivity index (χ4n) is 3.28. The zero-order valence-corrected chi connectivity index (χ0v) is 14.6. The van der Waals surface area contributed by atoms with Gasteiger partial charge in [0.15, 0.2) is 0 Å². The third kappa shape index (κ3) is 3.79. The molecule has 3 rings (SSSR count). The molecule has 1 amide bonds. The van der Waals surface area contributed by atoms with Crippen LogP contribution in [0.4, 0.5) is 0 Å². The molecule has 2 aromatic heterocycles. The van der Waals surface area contributed by atoms with Crippen molar-refractivity contribution in [2.24, 2.45) is 0 Å². The normalized spacial score (nSPS) is 18.1. The molecule has 1 saturated carbocycles. The molecular formula is C19H23NO3S. The summed E-state index contributed by atoms with van der Waals surface area (Å²) in [4.78, 5) is 14.4. The summed E-state index contributed by atoms with van der Waals surface area (Å²) in [6.45, 7) is 2.43. The Bertz CT molecular complexity index is 694. The second-order valence-corrected chi connectivity index (χ2v) is 7.59. The first-order valence-electron chi connectivity index (χ1n) is 8.35. The predicted molar refractivity (Wildman–Crippen MR) is 95.9 cm³/mol. The third-order valence-electron chi connectivity index (χ3n) is 4.69. The van der Waals surface area contributed by atoms with Gasteiger partial charge in [0, 0.05) is 33.4 Å². The van der Waals surface area contributed by atoms with Gasteiger partial charge in [0.2, 0.25) is 5.91 Å². The highest BCUT2D eigenvalue weighted by molar-refractivity contribution is 7.12. The van der Waals surface area contributed by atoms with E-state index >= 15 is 0 Å². The zero-order valence-electron chi connectivity index (χ0n) is 13.8. The number of aliphatic hydroxyl groups excluding tert-OH is 1. The fourth-order valence-corrected chi connectivity index (χ4v) is 4.47. The summed E-state index contributed by atoms with van der Waals surface area (Å²) in [6.07, 6.45) is 10.6. The van der Waals surface area contributed by atoms with E-state index in [9.17, 15) is 9.90 Å². The molecule has 0 spiro atoms. The molecule has 0 radical (unpaired) electrons. The predicted octanol–water partition coefficient (Wildman–Crippen LogP) is 4.04. The number of thiophene rings is 1. The first kappa shape index (κ1) is 17.0. The Kier molecular flexibility index (Phi) is 5.21. The van der Waals surface area contributed by atoms with Crippen LogP contribution >= 0.6 is 11.3 Å². The van der Waals surface area contributed by atoms with Crippen LogP contribution in [-0.4, -0.2) is 17.6 Å². The maximum absolute atomic E-state index is 12.1. The van der Waals surface area contributed by atoms with Crippen LogP contribution in [-0.2, 0) is 10.2 Å². The average molecular weight is 345 g/mol. The largest absolute Gasteiger partial charge is 0.472 e. The lowest BCUT2D eigenvalue weighted by molar-refractivity contribution is -0.116. The van der Waals surface area contributed by atoms with Crippen LogP contribution in [0.1, 0.15) is 54.0 Å². The van der Waals surface area contributed by atoms with Crippen LogP contribution in [0.2, 0.25) is 0 Å². The van der Waals surface area contributed by atoms with Crippen molar-refractivity contribution in [1.29, 1.82) is 0 Å². The molecule has 1 fully saturated rings. The van der Waals surface area contributed by atoms with Gasteiger partial charge in [-0.25, -0.2) is 0 Å². The monoisotopic (exact) mass is 345 g/mol. The smallest absolute Gasteiger partial charge is 0.244 e. The Morgan fingerprint density at radius 3 is 2.83 bits per heavy atom. The molecule has 5 heteroatoms. The molecule has 2 N–H and O–H groups in total. The fraction of sp³-hybridized carbons (Fsp3) is 0.421. The van der Waals surface area contributed by atoms with Crippen LogP contribution < -0.4 is 5.32 Å². The van der Waals surface area contributed by atoms with E-state index in [2.05, 4.69) is 11.4 Å². The Morgan fingerprint density at radius 1 is 1.42 bits per heavy atom. The second kappa shape index (κ2) is 7.36. The van der Waals surface area contributed by atoms with E-state index in [0.717, 1.165) is 23.3 Å². The molecule has 1 atom stereocenters. The van der Waals surface area contributed by atoms with Gasteiger partial charge in [0.1, 0.15) is 0 Å². The highest BCUT2D eigenvalue weighted by atomic mass is 32.1. The quantitative estimate of drug-likeness (QED) is 0.777. The Morgan fingerprint density at radius 2 is 2.21 bits per heavy atom. The Hall–Kier alpha value is -1.85. The van der Waals surface area contributed by atoms with Crippen LogP contribution in [0.25, 0.3) is 6.08 Å². The van der Waals surface area contributed by atoms with Gasteiger partial charge < -0.3 is 14.8 Å². The maximum Gasteiger partial charge on any atom is 0.244 e. The molecular weight excluding hydrogens is 322 g/mol. The number of hydrogen-bond acceptors (Lipinski definition) is 4. The molecule has 1 aliphatic rings. The highest BCUT2D eigenvalue weighted by Crippen LogP contribution is 2.44. The summed E-state index contributed by atoms with van der Waals surface area (Å²) in [5.74, 6) is -0.0882. The lowest BCUT2D eigenvalue weighted by Crippen LogP contribution is -2.37. The standard InChI is InChI=1S/C19H23NO3S/c1-14(21)16-5-6-17(24-16)19(9-2-3-10-19)13-20-18(22)7-4-15-8-11-23-12-15/h4-8,11-12,14,21H,2-3,9-10,13H2,1H3,(H,20,22). The van der Waals surface area contributed by atoms with Crippen molar-refractivity contribution in [2.75, 3.05) is 6.54 Å². The summed E-state index contributed by atoms with van der Waals surface area (Å²) in [5.41, 5.74) is 0.886. The molecule has 128 valence electrons. The third-order valence-corrected chi connectivity index (χ3v) is 6.20. The van der Waals surface area contributed by atoms with Crippen LogP contribution in [0.5, 0.6) is 0 Å². The molecule has 0 saturated heterocycles. The number of furan rings is 1. The molecule has 1 aliphatic carbocycles. The summed E-state index contributed by atoms with van der Waals surface area (Å²) in [6, 6.07) is 5.93. The average Bonchev–Trinajstić information content (AvgIpc) is 3.32. The van der Waals surface area contributed by atoms with Crippen molar-refractivity contribution in [3.05, 3.63) is 52.1 Å². The van der Waals surface area contributed by atoms with E-state index in [0.29, 0.717) is 6.54 Å². The molecule has 0 bridgehead atoms. The molecule has 2 heterocycles. The summed E-state index contributed by atoms with van der Waals surface area (Å²) in [7, 11) is 0. The molecule has 0 aliphatic heterocycles. The van der Waals surface area contributed by atoms with E-state index in [1.54, 1.807) is 42.9 Å². The van der Waals surface area contributed by atoms with Crippen molar-refractivity contribution in [3.8, 4) is 0 Å². The van der Waals surface area contributed by atoms with E-state index in [4.69, 9.17) is 4.42 Å². The van der Waals surface area contributed by atoms with Gasteiger partial charge in [0.05, 0.1) is 18.6 Å². The van der Waals surface area contributed by atoms with Crippen molar-refractivity contribution in [3.63, 3.8) is 0 Å². The topological polar surface area (TPSA) is 62.5 Å². The van der Waals surface area contributed by atoms with Gasteiger partial charge in [-0.05, 0) is 44.0 Å². The van der Waals surface area contributed by atoms with Crippen molar-refractivity contribution in [1.82, 2.24) is 5.32 Å². The number of amides is 1. The number of aliphatic hydroxyl groups is 1. The first-order chi connectivity index (χ1) is 11.6. The van der Waals surface area contributed by atoms with Gasteiger partial charge >= 0.3 is 0 Å². The van der Waals surface area contributed by atoms with Gasteiger partial charge in [-0.3, -0.25) is 4.79 Å². The first-order valence-corrected chi connectivity index (χ1v) is 9.17. The zero-order chi connectivity index (χ0) is 17.0. The van der Waals surface area contributed by atoms with Crippen molar-refractivity contribution >= 4 is 23.3 Å². The van der Waals surface area contributed by atoms with Crippen molar-refractivity contribution < 1.29 is 14.3 Å². The van der Waals surface area contributed by atoms with Gasteiger partial charge in [-0.2, -0.15) is 0 Å². The summed E-state index contributed by atoms with van der Waals surface area (Å²) >= 11 is 1.67. The van der Waals surface area contributed by atoms with E-state index in [1.807, 2.05) is 12.1 Å². The minimum absolute atomic E-state index is 0.0109. The molecule has 1 unspecified atom stereocenters. The lowest BCUT2D eigenvalue weighted by Gasteiger charge is -2.28. The number of nitrogens with one attached hydrogen (secondary N) is 1. The minimum atomic E-state index is -0.435. The Balaban J connectivity index is 1.66. The molecule has 24 heavy (non-hydrogen) atoms. The summed E-state index contributed by atoms with van der Waals surface area (Å²) < 4.78 is 4.98. The van der Waals surface area contributed by atoms with Gasteiger partial charge in [-0.15, -0.1) is 11.3 Å². The van der Waals surface area contributed by atoms with Gasteiger partial charge in [0.25, 0.3) is 0 Å². The van der Waals surface area contributed by atoms with E-state index in [1.165, 1.54) is 17.7 Å². The molecule has 2 aromatic rings. The minimum Gasteiger partial charge on any atom is -0.472 e. The number of rotatable bonds is 6. The number of carbonyl (C=O) groups is 1. The summed E-state index contributed by atoms with van der Waals surface area (Å²) in [5, 5.41) is 12.8. The number of hydrogen-bond donors (Lipinski definition) is 2. The molecule has 4 nitrogen and oxygen atoms in total. The SMILES string of the molecule is CC(O)c1ccc(C2(CNC(=O)C=Cc3ccoc3)CCCC2)s1. The van der Waals surface area contributed by atoms with Crippen LogP contribution in [0.3, 0.4) is 0 Å². The maximum atomic E-state index is 12.1. The Labute approximate surface area is 146 Å². The van der Waals surface area contributed by atoms with Gasteiger partial charge in [-0.1, -0.05) is 12.8 Å². The molecule has 0 aromatic carbocycles. The van der Waals surface area contributed by atoms with E-state index in [-0.39, 0.29) is 11.3 Å². The van der Waals surface area contributed by atoms with Crippen LogP contribution in [0.15, 0.2) is 41.2 Å². The van der Waals surface area contributed by atoms with Crippen LogP contribution in [0, 0.1) is 0 Å². The van der Waals surface area contributed by atoms with E-state index < -0.39 is 6.10 Å². The second-order valence-electron chi connectivity index (χ2n) is 6.47. The number of carbonyl (C=O) groups excluding carboxylic acids is 1. The van der Waals surface area contributed by atoms with Crippen molar-refractivity contribution in [2.45, 2.75) is 44.1 Å². The highest BCUT2D eigenvalue weighted by Gasteiger charge is 2.37. The lowest BCUT2D eigenvalue weighted by atomic mass is 9.84.